The molecule has 31 heavy (non-hydrogen) atoms. The maximum absolute atomic E-state index is 11.5. The molecule has 0 spiro atoms. The molecule has 2 aromatic rings. The Balaban J connectivity index is 1.62. The van der Waals surface area contributed by atoms with E-state index >= 15 is 0 Å². The molecule has 8 heteroatoms. The molecule has 0 radical (unpaired) electrons. The van der Waals surface area contributed by atoms with Crippen molar-refractivity contribution in [3.05, 3.63) is 51.5 Å². The Morgan fingerprint density at radius 3 is 2.94 bits per heavy atom. The molecule has 1 aliphatic rings. The van der Waals surface area contributed by atoms with Gasteiger partial charge in [0.1, 0.15) is 0 Å². The summed E-state index contributed by atoms with van der Waals surface area (Å²) < 4.78 is 0. The van der Waals surface area contributed by atoms with E-state index in [1.54, 1.807) is 11.3 Å². The van der Waals surface area contributed by atoms with Crippen molar-refractivity contribution in [2.45, 2.75) is 46.3 Å². The maximum atomic E-state index is 11.5. The summed E-state index contributed by atoms with van der Waals surface area (Å²) in [5.74, 6) is 0.667. The standard InChI is InChI=1S/C23H34N6OS/c1-4-25-23(28(3)15-21-16-31-17(2)27-21)26-12-18-7-5-8-19(11-18)13-29-10-6-9-20(14-29)22(24)30/h5,7-8,11,16,20H,4,6,9-10,12-15H2,1-3H3,(H2,24,30)(H,25,26). The minimum absolute atomic E-state index is 0.0266. The average molecular weight is 443 g/mol. The van der Waals surface area contributed by atoms with Crippen molar-refractivity contribution in [3.8, 4) is 0 Å². The monoisotopic (exact) mass is 442 g/mol. The molecule has 1 aromatic heterocycles. The van der Waals surface area contributed by atoms with Gasteiger partial charge in [0.15, 0.2) is 5.96 Å². The third kappa shape index (κ3) is 7.04. The fraction of sp³-hybridized carbons (Fsp3) is 0.522. The molecule has 1 aromatic carbocycles. The van der Waals surface area contributed by atoms with E-state index in [2.05, 4.69) is 56.7 Å². The van der Waals surface area contributed by atoms with Gasteiger partial charge in [0.25, 0.3) is 0 Å². The SMILES string of the molecule is CCNC(=NCc1cccc(CN2CCCC(C(N)=O)C2)c1)N(C)Cc1csc(C)n1. The zero-order valence-corrected chi connectivity index (χ0v) is 19.6. The van der Waals surface area contributed by atoms with Crippen LogP contribution in [0.25, 0.3) is 0 Å². The van der Waals surface area contributed by atoms with E-state index in [-0.39, 0.29) is 11.8 Å². The predicted molar refractivity (Wildman–Crippen MR) is 127 cm³/mol. The van der Waals surface area contributed by atoms with Crippen molar-refractivity contribution in [1.82, 2.24) is 20.1 Å². The zero-order chi connectivity index (χ0) is 22.2. The number of likely N-dealkylation sites (tertiary alicyclic amines) is 1. The third-order valence-electron chi connectivity index (χ3n) is 5.48. The van der Waals surface area contributed by atoms with Crippen LogP contribution in [0.4, 0.5) is 0 Å². The highest BCUT2D eigenvalue weighted by Crippen LogP contribution is 2.19. The van der Waals surface area contributed by atoms with Gasteiger partial charge in [0.05, 0.1) is 29.7 Å². The van der Waals surface area contributed by atoms with Crippen molar-refractivity contribution in [2.24, 2.45) is 16.6 Å². The summed E-state index contributed by atoms with van der Waals surface area (Å²) in [7, 11) is 2.04. The van der Waals surface area contributed by atoms with E-state index in [9.17, 15) is 4.79 Å². The number of aliphatic imine (C=N–C) groups is 1. The molecule has 1 aliphatic heterocycles. The van der Waals surface area contributed by atoms with Gasteiger partial charge in [0, 0.05) is 32.1 Å². The highest BCUT2D eigenvalue weighted by Gasteiger charge is 2.23. The Bertz CT molecular complexity index is 896. The normalized spacial score (nSPS) is 17.5. The van der Waals surface area contributed by atoms with E-state index in [0.717, 1.165) is 62.2 Å². The lowest BCUT2D eigenvalue weighted by Crippen LogP contribution is -2.40. The quantitative estimate of drug-likeness (QED) is 0.485. The molecule has 3 rings (SSSR count). The molecule has 168 valence electrons. The molecule has 1 amide bonds. The van der Waals surface area contributed by atoms with Gasteiger partial charge in [-0.15, -0.1) is 11.3 Å². The number of carbonyl (C=O) groups is 1. The number of thiazole rings is 1. The molecule has 3 N–H and O–H groups in total. The van der Waals surface area contributed by atoms with Crippen molar-refractivity contribution in [3.63, 3.8) is 0 Å². The van der Waals surface area contributed by atoms with Gasteiger partial charge in [-0.25, -0.2) is 9.98 Å². The summed E-state index contributed by atoms with van der Waals surface area (Å²) in [5.41, 5.74) is 9.00. The van der Waals surface area contributed by atoms with Crippen molar-refractivity contribution >= 4 is 23.2 Å². The van der Waals surface area contributed by atoms with E-state index in [1.165, 1.54) is 11.1 Å². The number of piperidine rings is 1. The fourth-order valence-corrected chi connectivity index (χ4v) is 4.55. The van der Waals surface area contributed by atoms with Gasteiger partial charge < -0.3 is 16.0 Å². The molecule has 1 atom stereocenters. The number of guanidine groups is 1. The lowest BCUT2D eigenvalue weighted by Gasteiger charge is -2.31. The number of aromatic nitrogens is 1. The van der Waals surface area contributed by atoms with Crippen LogP contribution in [-0.2, 0) is 24.4 Å². The first kappa shape index (κ1) is 23.2. The van der Waals surface area contributed by atoms with Crippen molar-refractivity contribution < 1.29 is 4.79 Å². The summed E-state index contributed by atoms with van der Waals surface area (Å²) in [6, 6.07) is 8.56. The summed E-state index contributed by atoms with van der Waals surface area (Å²) in [6.07, 6.45) is 1.93. The van der Waals surface area contributed by atoms with Gasteiger partial charge in [-0.1, -0.05) is 24.3 Å². The summed E-state index contributed by atoms with van der Waals surface area (Å²) in [6.45, 7) is 8.86. The van der Waals surface area contributed by atoms with Gasteiger partial charge in [-0.3, -0.25) is 9.69 Å². The van der Waals surface area contributed by atoms with Crippen LogP contribution < -0.4 is 11.1 Å². The number of carbonyl (C=O) groups excluding carboxylic acids is 1. The second kappa shape index (κ2) is 11.2. The van der Waals surface area contributed by atoms with Gasteiger partial charge in [-0.2, -0.15) is 0 Å². The number of primary amides is 1. The topological polar surface area (TPSA) is 86.8 Å². The average Bonchev–Trinajstić information content (AvgIpc) is 3.16. The number of rotatable bonds is 8. The van der Waals surface area contributed by atoms with E-state index in [0.29, 0.717) is 6.54 Å². The first-order valence-corrected chi connectivity index (χ1v) is 11.8. The molecule has 0 aliphatic carbocycles. The Morgan fingerprint density at radius 2 is 2.23 bits per heavy atom. The smallest absolute Gasteiger partial charge is 0.221 e. The van der Waals surface area contributed by atoms with Gasteiger partial charge in [-0.05, 0) is 44.4 Å². The molecule has 0 bridgehead atoms. The molecule has 2 heterocycles. The first-order valence-electron chi connectivity index (χ1n) is 10.9. The first-order chi connectivity index (χ1) is 14.9. The van der Waals surface area contributed by atoms with Crippen LogP contribution in [0, 0.1) is 12.8 Å². The van der Waals surface area contributed by atoms with Crippen LogP contribution in [0.5, 0.6) is 0 Å². The summed E-state index contributed by atoms with van der Waals surface area (Å²) in [5, 5.41) is 6.56. The number of benzene rings is 1. The molecule has 1 fully saturated rings. The summed E-state index contributed by atoms with van der Waals surface area (Å²) in [4.78, 5) is 25.4. The van der Waals surface area contributed by atoms with Gasteiger partial charge in [0.2, 0.25) is 5.91 Å². The predicted octanol–water partition coefficient (Wildman–Crippen LogP) is 2.75. The maximum Gasteiger partial charge on any atom is 0.221 e. The molecule has 0 saturated carbocycles. The van der Waals surface area contributed by atoms with Crippen LogP contribution in [0.15, 0.2) is 34.6 Å². The van der Waals surface area contributed by atoms with E-state index in [1.807, 2.05) is 14.0 Å². The third-order valence-corrected chi connectivity index (χ3v) is 6.30. The van der Waals surface area contributed by atoms with Crippen molar-refractivity contribution in [2.75, 3.05) is 26.7 Å². The number of nitrogens with two attached hydrogens (primary N) is 1. The second-order valence-electron chi connectivity index (χ2n) is 8.18. The minimum atomic E-state index is -0.180. The molecule has 1 saturated heterocycles. The Morgan fingerprint density at radius 1 is 1.42 bits per heavy atom. The molecule has 1 unspecified atom stereocenters. The lowest BCUT2D eigenvalue weighted by molar-refractivity contribution is -0.123. The molecule has 7 nitrogen and oxygen atoms in total. The van der Waals surface area contributed by atoms with Crippen molar-refractivity contribution in [1.29, 1.82) is 0 Å². The number of hydrogen-bond donors (Lipinski definition) is 2. The van der Waals surface area contributed by atoms with Crippen LogP contribution in [0.1, 0.15) is 41.6 Å². The van der Waals surface area contributed by atoms with Crippen LogP contribution in [0.3, 0.4) is 0 Å². The largest absolute Gasteiger partial charge is 0.369 e. The molecular formula is C23H34N6OS. The minimum Gasteiger partial charge on any atom is -0.369 e. The number of nitrogens with zero attached hydrogens (tertiary/aromatic N) is 4. The van der Waals surface area contributed by atoms with Crippen LogP contribution in [0.2, 0.25) is 0 Å². The summed E-state index contributed by atoms with van der Waals surface area (Å²) >= 11 is 1.67. The Labute approximate surface area is 189 Å². The number of nitrogens with one attached hydrogen (secondary N) is 1. The highest BCUT2D eigenvalue weighted by atomic mass is 32.1. The van der Waals surface area contributed by atoms with Crippen LogP contribution >= 0.6 is 11.3 Å². The van der Waals surface area contributed by atoms with E-state index < -0.39 is 0 Å². The number of hydrogen-bond acceptors (Lipinski definition) is 5. The number of amides is 1. The zero-order valence-electron chi connectivity index (χ0n) is 18.8. The second-order valence-corrected chi connectivity index (χ2v) is 9.24. The highest BCUT2D eigenvalue weighted by molar-refractivity contribution is 7.09. The fourth-order valence-electron chi connectivity index (χ4n) is 3.95. The van der Waals surface area contributed by atoms with Crippen LogP contribution in [-0.4, -0.2) is 53.3 Å². The van der Waals surface area contributed by atoms with E-state index in [4.69, 9.17) is 10.7 Å². The Kier molecular flexibility index (Phi) is 8.43. The van der Waals surface area contributed by atoms with Gasteiger partial charge >= 0.3 is 0 Å². The number of aryl methyl sites for hydroxylation is 1. The molecular weight excluding hydrogens is 408 g/mol. The Hall–Kier alpha value is -2.45. The lowest BCUT2D eigenvalue weighted by atomic mass is 9.97.